The van der Waals surface area contributed by atoms with Crippen LogP contribution in [-0.2, 0) is 9.47 Å². The van der Waals surface area contributed by atoms with Gasteiger partial charge in [0.2, 0.25) is 0 Å². The number of morpholine rings is 2. The van der Waals surface area contributed by atoms with Crippen molar-refractivity contribution in [1.29, 1.82) is 0 Å². The number of rotatable bonds is 4. The zero-order chi connectivity index (χ0) is 13.0. The number of ether oxygens (including phenoxy) is 2. The normalized spacial score (nSPS) is 32.0. The Balaban J connectivity index is 1.78. The Hall–Kier alpha value is 0.130. The molecular formula is C13H25ClN2O2. The van der Waals surface area contributed by atoms with Crippen molar-refractivity contribution in [3.63, 3.8) is 0 Å². The van der Waals surface area contributed by atoms with Crippen molar-refractivity contribution in [2.75, 3.05) is 51.8 Å². The SMILES string of the molecule is CC(C)N1CCOC(CN2CCOC(CCl)C2)C1. The maximum atomic E-state index is 5.87. The van der Waals surface area contributed by atoms with Gasteiger partial charge in [0.1, 0.15) is 0 Å². The van der Waals surface area contributed by atoms with Crippen molar-refractivity contribution < 1.29 is 9.47 Å². The van der Waals surface area contributed by atoms with Crippen LogP contribution in [0.15, 0.2) is 0 Å². The van der Waals surface area contributed by atoms with Gasteiger partial charge in [-0.25, -0.2) is 0 Å². The van der Waals surface area contributed by atoms with Gasteiger partial charge in [-0.1, -0.05) is 0 Å². The van der Waals surface area contributed by atoms with Crippen molar-refractivity contribution in [3.05, 3.63) is 0 Å². The first-order valence-corrected chi connectivity index (χ1v) is 7.48. The number of hydrogen-bond acceptors (Lipinski definition) is 4. The molecule has 0 aromatic carbocycles. The van der Waals surface area contributed by atoms with E-state index in [-0.39, 0.29) is 6.10 Å². The molecule has 0 saturated carbocycles. The predicted molar refractivity (Wildman–Crippen MR) is 73.3 cm³/mol. The highest BCUT2D eigenvalue weighted by atomic mass is 35.5. The first kappa shape index (κ1) is 14.5. The van der Waals surface area contributed by atoms with E-state index in [1.165, 1.54) is 0 Å². The summed E-state index contributed by atoms with van der Waals surface area (Å²) < 4.78 is 11.5. The first-order valence-electron chi connectivity index (χ1n) is 6.94. The second kappa shape index (κ2) is 7.06. The summed E-state index contributed by atoms with van der Waals surface area (Å²) in [6.45, 7) is 11.2. The molecule has 2 fully saturated rings. The van der Waals surface area contributed by atoms with Crippen LogP contribution in [-0.4, -0.2) is 79.9 Å². The van der Waals surface area contributed by atoms with Crippen LogP contribution in [0.3, 0.4) is 0 Å². The monoisotopic (exact) mass is 276 g/mol. The van der Waals surface area contributed by atoms with E-state index in [1.54, 1.807) is 0 Å². The molecule has 2 rings (SSSR count). The molecule has 0 spiro atoms. The van der Waals surface area contributed by atoms with E-state index in [0.717, 1.165) is 45.9 Å². The molecule has 106 valence electrons. The molecule has 2 heterocycles. The maximum Gasteiger partial charge on any atom is 0.0837 e. The molecule has 2 unspecified atom stereocenters. The second-order valence-electron chi connectivity index (χ2n) is 5.49. The van der Waals surface area contributed by atoms with Crippen LogP contribution in [0.5, 0.6) is 0 Å². The third-order valence-electron chi connectivity index (χ3n) is 3.76. The highest BCUT2D eigenvalue weighted by Gasteiger charge is 2.26. The minimum atomic E-state index is 0.185. The highest BCUT2D eigenvalue weighted by Crippen LogP contribution is 2.13. The molecule has 0 radical (unpaired) electrons. The third kappa shape index (κ3) is 4.07. The summed E-state index contributed by atoms with van der Waals surface area (Å²) in [6.07, 6.45) is 0.514. The smallest absolute Gasteiger partial charge is 0.0837 e. The first-order chi connectivity index (χ1) is 8.69. The zero-order valence-corrected chi connectivity index (χ0v) is 12.2. The lowest BCUT2D eigenvalue weighted by atomic mass is 10.2. The van der Waals surface area contributed by atoms with Crippen molar-refractivity contribution in [3.8, 4) is 0 Å². The Morgan fingerprint density at radius 1 is 1.11 bits per heavy atom. The number of hydrogen-bond donors (Lipinski definition) is 0. The Morgan fingerprint density at radius 3 is 2.56 bits per heavy atom. The van der Waals surface area contributed by atoms with E-state index in [1.807, 2.05) is 0 Å². The number of halogens is 1. The largest absolute Gasteiger partial charge is 0.374 e. The molecular weight excluding hydrogens is 252 g/mol. The molecule has 0 bridgehead atoms. The molecule has 5 heteroatoms. The summed E-state index contributed by atoms with van der Waals surface area (Å²) in [5.74, 6) is 0.583. The van der Waals surface area contributed by atoms with E-state index in [9.17, 15) is 0 Å². The molecule has 2 saturated heterocycles. The summed E-state index contributed by atoms with van der Waals surface area (Å²) in [5, 5.41) is 0. The van der Waals surface area contributed by atoms with E-state index < -0.39 is 0 Å². The molecule has 2 aliphatic rings. The highest BCUT2D eigenvalue weighted by molar-refractivity contribution is 6.18. The van der Waals surface area contributed by atoms with Gasteiger partial charge < -0.3 is 9.47 Å². The minimum absolute atomic E-state index is 0.185. The van der Waals surface area contributed by atoms with Gasteiger partial charge >= 0.3 is 0 Å². The van der Waals surface area contributed by atoms with Gasteiger partial charge in [-0.15, -0.1) is 11.6 Å². The standard InChI is InChI=1S/C13H25ClN2O2/c1-11(2)16-4-6-18-13(10-16)9-15-3-5-17-12(7-14)8-15/h11-13H,3-10H2,1-2H3. The zero-order valence-electron chi connectivity index (χ0n) is 11.5. The van der Waals surface area contributed by atoms with Crippen molar-refractivity contribution in [1.82, 2.24) is 9.80 Å². The maximum absolute atomic E-state index is 5.87. The Labute approximate surface area is 115 Å². The number of nitrogens with zero attached hydrogens (tertiary/aromatic N) is 2. The lowest BCUT2D eigenvalue weighted by molar-refractivity contribution is -0.0751. The fourth-order valence-corrected chi connectivity index (χ4v) is 2.84. The second-order valence-corrected chi connectivity index (χ2v) is 5.80. The fourth-order valence-electron chi connectivity index (χ4n) is 2.65. The van der Waals surface area contributed by atoms with Gasteiger partial charge in [-0.3, -0.25) is 9.80 Å². The van der Waals surface area contributed by atoms with Crippen LogP contribution >= 0.6 is 11.6 Å². The van der Waals surface area contributed by atoms with Gasteiger partial charge in [0.15, 0.2) is 0 Å². The van der Waals surface area contributed by atoms with Crippen molar-refractivity contribution >= 4 is 11.6 Å². The molecule has 0 aromatic heterocycles. The molecule has 4 nitrogen and oxygen atoms in total. The summed E-state index contributed by atoms with van der Waals surface area (Å²) in [7, 11) is 0. The van der Waals surface area contributed by atoms with Crippen LogP contribution in [0, 0.1) is 0 Å². The van der Waals surface area contributed by atoms with Gasteiger partial charge in [0.05, 0.1) is 25.4 Å². The Bertz CT molecular complexity index is 253. The molecule has 0 aliphatic carbocycles. The molecule has 2 atom stereocenters. The summed E-state index contributed by atoms with van der Waals surface area (Å²) >= 11 is 5.86. The minimum Gasteiger partial charge on any atom is -0.374 e. The van der Waals surface area contributed by atoms with E-state index in [0.29, 0.717) is 18.0 Å². The van der Waals surface area contributed by atoms with Crippen molar-refractivity contribution in [2.24, 2.45) is 0 Å². The van der Waals surface area contributed by atoms with Crippen LogP contribution in [0.25, 0.3) is 0 Å². The van der Waals surface area contributed by atoms with Crippen LogP contribution < -0.4 is 0 Å². The van der Waals surface area contributed by atoms with E-state index >= 15 is 0 Å². The molecule has 2 aliphatic heterocycles. The fraction of sp³-hybridized carbons (Fsp3) is 1.00. The summed E-state index contributed by atoms with van der Waals surface area (Å²) in [5.41, 5.74) is 0. The summed E-state index contributed by atoms with van der Waals surface area (Å²) in [4.78, 5) is 4.92. The van der Waals surface area contributed by atoms with Crippen molar-refractivity contribution in [2.45, 2.75) is 32.1 Å². The predicted octanol–water partition coefficient (Wildman–Crippen LogP) is 1.04. The number of alkyl halides is 1. The van der Waals surface area contributed by atoms with E-state index in [4.69, 9.17) is 21.1 Å². The van der Waals surface area contributed by atoms with E-state index in [2.05, 4.69) is 23.6 Å². The summed E-state index contributed by atoms with van der Waals surface area (Å²) in [6, 6.07) is 0.608. The molecule has 0 amide bonds. The third-order valence-corrected chi connectivity index (χ3v) is 4.10. The van der Waals surface area contributed by atoms with Gasteiger partial charge in [-0.05, 0) is 13.8 Å². The Morgan fingerprint density at radius 2 is 1.83 bits per heavy atom. The quantitative estimate of drug-likeness (QED) is 0.717. The van der Waals surface area contributed by atoms with Gasteiger partial charge in [-0.2, -0.15) is 0 Å². The molecule has 0 N–H and O–H groups in total. The Kier molecular flexibility index (Phi) is 5.70. The molecule has 0 aromatic rings. The lowest BCUT2D eigenvalue weighted by Gasteiger charge is -2.39. The van der Waals surface area contributed by atoms with Crippen LogP contribution in [0.1, 0.15) is 13.8 Å². The van der Waals surface area contributed by atoms with Gasteiger partial charge in [0, 0.05) is 44.6 Å². The van der Waals surface area contributed by atoms with Crippen LogP contribution in [0.4, 0.5) is 0 Å². The van der Waals surface area contributed by atoms with Gasteiger partial charge in [0.25, 0.3) is 0 Å². The lowest BCUT2D eigenvalue weighted by Crippen LogP contribution is -2.52. The average molecular weight is 277 g/mol. The topological polar surface area (TPSA) is 24.9 Å². The molecule has 18 heavy (non-hydrogen) atoms. The van der Waals surface area contributed by atoms with Crippen LogP contribution in [0.2, 0.25) is 0 Å². The average Bonchev–Trinajstić information content (AvgIpc) is 2.39.